The summed E-state index contributed by atoms with van der Waals surface area (Å²) >= 11 is 0. The molecule has 2 aromatic carbocycles. The fourth-order valence-corrected chi connectivity index (χ4v) is 3.00. The Balaban J connectivity index is 1.54. The molecule has 0 aliphatic rings. The summed E-state index contributed by atoms with van der Waals surface area (Å²) in [7, 11) is 0. The fourth-order valence-electron chi connectivity index (χ4n) is 3.00. The van der Waals surface area contributed by atoms with Gasteiger partial charge in [0, 0.05) is 23.4 Å². The molecule has 3 aromatic rings. The van der Waals surface area contributed by atoms with E-state index < -0.39 is 0 Å². The lowest BCUT2D eigenvalue weighted by molar-refractivity contribution is -0.120. The van der Waals surface area contributed by atoms with Gasteiger partial charge in [-0.15, -0.1) is 0 Å². The third kappa shape index (κ3) is 4.85. The summed E-state index contributed by atoms with van der Waals surface area (Å²) in [4.78, 5) is 24.1. The molecular weight excluding hydrogens is 352 g/mol. The van der Waals surface area contributed by atoms with E-state index in [1.165, 1.54) is 5.56 Å². The zero-order valence-corrected chi connectivity index (χ0v) is 16.1. The highest BCUT2D eigenvalue weighted by Crippen LogP contribution is 2.14. The third-order valence-corrected chi connectivity index (χ3v) is 4.61. The van der Waals surface area contributed by atoms with Crippen LogP contribution >= 0.6 is 0 Å². The van der Waals surface area contributed by atoms with E-state index in [0.29, 0.717) is 18.7 Å². The van der Waals surface area contributed by atoms with Crippen LogP contribution in [0.2, 0.25) is 0 Å². The van der Waals surface area contributed by atoms with Crippen molar-refractivity contribution in [3.8, 4) is 0 Å². The molecule has 6 nitrogen and oxygen atoms in total. The van der Waals surface area contributed by atoms with Gasteiger partial charge in [0.25, 0.3) is 5.91 Å². The minimum absolute atomic E-state index is 0.0655. The number of hydrogen-bond acceptors (Lipinski definition) is 3. The van der Waals surface area contributed by atoms with Crippen LogP contribution in [0, 0.1) is 13.8 Å². The Bertz CT molecular complexity index is 949. The first-order valence-electron chi connectivity index (χ1n) is 9.21. The zero-order chi connectivity index (χ0) is 19.9. The zero-order valence-electron chi connectivity index (χ0n) is 16.1. The summed E-state index contributed by atoms with van der Waals surface area (Å²) in [5.74, 6) is -0.502. The van der Waals surface area contributed by atoms with Gasteiger partial charge in [-0.2, -0.15) is 5.10 Å². The highest BCUT2D eigenvalue weighted by atomic mass is 16.2. The topological polar surface area (TPSA) is 76.0 Å². The van der Waals surface area contributed by atoms with Crippen molar-refractivity contribution in [2.75, 3.05) is 6.54 Å². The minimum atomic E-state index is -0.265. The molecule has 0 radical (unpaired) electrons. The van der Waals surface area contributed by atoms with Crippen molar-refractivity contribution in [2.45, 2.75) is 26.9 Å². The van der Waals surface area contributed by atoms with Crippen molar-refractivity contribution < 1.29 is 9.59 Å². The first-order chi connectivity index (χ1) is 13.5. The van der Waals surface area contributed by atoms with Gasteiger partial charge in [0.1, 0.15) is 0 Å². The number of nitrogens with zero attached hydrogens (tertiary/aromatic N) is 2. The van der Waals surface area contributed by atoms with Crippen molar-refractivity contribution in [3.05, 3.63) is 88.7 Å². The molecule has 28 heavy (non-hydrogen) atoms. The van der Waals surface area contributed by atoms with Crippen LogP contribution < -0.4 is 10.6 Å². The Kier molecular flexibility index (Phi) is 6.22. The average Bonchev–Trinajstić information content (AvgIpc) is 2.98. The van der Waals surface area contributed by atoms with E-state index >= 15 is 0 Å². The maximum Gasteiger partial charge on any atom is 0.251 e. The van der Waals surface area contributed by atoms with Crippen LogP contribution in [0.25, 0.3) is 0 Å². The van der Waals surface area contributed by atoms with Gasteiger partial charge in [-0.05, 0) is 31.5 Å². The number of aromatic nitrogens is 2. The van der Waals surface area contributed by atoms with E-state index in [1.54, 1.807) is 24.3 Å². The van der Waals surface area contributed by atoms with E-state index in [0.717, 1.165) is 17.0 Å². The van der Waals surface area contributed by atoms with Crippen molar-refractivity contribution in [3.63, 3.8) is 0 Å². The van der Waals surface area contributed by atoms with Crippen LogP contribution in [0.5, 0.6) is 0 Å². The molecule has 0 saturated carbocycles. The van der Waals surface area contributed by atoms with Gasteiger partial charge < -0.3 is 10.6 Å². The smallest absolute Gasteiger partial charge is 0.251 e. The number of amides is 2. The highest BCUT2D eigenvalue weighted by Gasteiger charge is 2.13. The molecule has 0 fully saturated rings. The van der Waals surface area contributed by atoms with Gasteiger partial charge in [0.05, 0.1) is 18.8 Å². The molecule has 1 aromatic heterocycles. The Morgan fingerprint density at radius 3 is 2.25 bits per heavy atom. The maximum atomic E-state index is 12.1. The highest BCUT2D eigenvalue weighted by molar-refractivity contribution is 5.96. The average molecular weight is 376 g/mol. The van der Waals surface area contributed by atoms with Gasteiger partial charge in [-0.25, -0.2) is 0 Å². The molecule has 2 amide bonds. The number of benzene rings is 2. The predicted molar refractivity (Wildman–Crippen MR) is 108 cm³/mol. The van der Waals surface area contributed by atoms with E-state index in [1.807, 2.05) is 42.8 Å². The van der Waals surface area contributed by atoms with Crippen LogP contribution in [-0.4, -0.2) is 28.1 Å². The summed E-state index contributed by atoms with van der Waals surface area (Å²) in [5, 5.41) is 10.1. The number of hydrogen-bond donors (Lipinski definition) is 2. The van der Waals surface area contributed by atoms with Crippen LogP contribution in [0.1, 0.15) is 32.9 Å². The van der Waals surface area contributed by atoms with Gasteiger partial charge in [-0.1, -0.05) is 48.5 Å². The van der Waals surface area contributed by atoms with Crippen LogP contribution in [-0.2, 0) is 17.9 Å². The summed E-state index contributed by atoms with van der Waals surface area (Å²) in [5.41, 5.74) is 4.62. The molecule has 2 N–H and O–H groups in total. The van der Waals surface area contributed by atoms with E-state index in [2.05, 4.69) is 27.9 Å². The van der Waals surface area contributed by atoms with Crippen LogP contribution in [0.3, 0.4) is 0 Å². The summed E-state index contributed by atoms with van der Waals surface area (Å²) in [6.45, 7) is 4.94. The number of nitrogens with one attached hydrogen (secondary N) is 2. The maximum absolute atomic E-state index is 12.1. The SMILES string of the molecule is Cc1nn(Cc2ccccc2)c(C)c1CNC(=O)CNC(=O)c1ccccc1. The van der Waals surface area contributed by atoms with Crippen LogP contribution in [0.4, 0.5) is 0 Å². The van der Waals surface area contributed by atoms with E-state index in [-0.39, 0.29) is 18.4 Å². The molecule has 1 heterocycles. The largest absolute Gasteiger partial charge is 0.350 e. The normalized spacial score (nSPS) is 10.5. The van der Waals surface area contributed by atoms with Gasteiger partial charge in [0.2, 0.25) is 5.91 Å². The van der Waals surface area contributed by atoms with E-state index in [4.69, 9.17) is 0 Å². The summed E-state index contributed by atoms with van der Waals surface area (Å²) in [6.07, 6.45) is 0. The Morgan fingerprint density at radius 2 is 1.57 bits per heavy atom. The van der Waals surface area contributed by atoms with Crippen molar-refractivity contribution in [1.29, 1.82) is 0 Å². The quantitative estimate of drug-likeness (QED) is 0.665. The number of carbonyl (C=O) groups is 2. The monoisotopic (exact) mass is 376 g/mol. The van der Waals surface area contributed by atoms with Gasteiger partial charge >= 0.3 is 0 Å². The Labute approximate surface area is 164 Å². The molecule has 0 atom stereocenters. The first-order valence-corrected chi connectivity index (χ1v) is 9.21. The lowest BCUT2D eigenvalue weighted by atomic mass is 10.2. The number of aryl methyl sites for hydroxylation is 1. The molecule has 0 unspecified atom stereocenters. The predicted octanol–water partition coefficient (Wildman–Crippen LogP) is 2.59. The van der Waals surface area contributed by atoms with Crippen molar-refractivity contribution in [2.24, 2.45) is 0 Å². The number of carbonyl (C=O) groups excluding carboxylic acids is 2. The second kappa shape index (κ2) is 8.99. The molecular formula is C22H24N4O2. The van der Waals surface area contributed by atoms with Gasteiger partial charge in [0.15, 0.2) is 0 Å². The minimum Gasteiger partial charge on any atom is -0.350 e. The summed E-state index contributed by atoms with van der Waals surface area (Å²) < 4.78 is 1.95. The molecule has 144 valence electrons. The van der Waals surface area contributed by atoms with E-state index in [9.17, 15) is 9.59 Å². The Morgan fingerprint density at radius 1 is 0.929 bits per heavy atom. The second-order valence-corrected chi connectivity index (χ2v) is 6.62. The van der Waals surface area contributed by atoms with Crippen LogP contribution in [0.15, 0.2) is 60.7 Å². The lowest BCUT2D eigenvalue weighted by Crippen LogP contribution is -2.36. The summed E-state index contributed by atoms with van der Waals surface area (Å²) in [6, 6.07) is 19.0. The molecule has 0 aliphatic carbocycles. The molecule has 0 bridgehead atoms. The first kappa shape index (κ1) is 19.4. The molecule has 0 spiro atoms. The molecule has 0 saturated heterocycles. The molecule has 6 heteroatoms. The number of rotatable bonds is 7. The fraction of sp³-hybridized carbons (Fsp3) is 0.227. The van der Waals surface area contributed by atoms with Crippen molar-refractivity contribution >= 4 is 11.8 Å². The second-order valence-electron chi connectivity index (χ2n) is 6.62. The standard InChI is InChI=1S/C22H24N4O2/c1-16-20(17(2)26(25-16)15-18-9-5-3-6-10-18)13-23-21(27)14-24-22(28)19-11-7-4-8-12-19/h3-12H,13-15H2,1-2H3,(H,23,27)(H,24,28). The Hall–Kier alpha value is -3.41. The lowest BCUT2D eigenvalue weighted by Gasteiger charge is -2.08. The molecule has 3 rings (SSSR count). The third-order valence-electron chi connectivity index (χ3n) is 4.61. The van der Waals surface area contributed by atoms with Crippen molar-refractivity contribution in [1.82, 2.24) is 20.4 Å². The van der Waals surface area contributed by atoms with Gasteiger partial charge in [-0.3, -0.25) is 14.3 Å². The molecule has 0 aliphatic heterocycles.